The Balaban J connectivity index is 1.43. The van der Waals surface area contributed by atoms with Crippen LogP contribution >= 0.6 is 0 Å². The highest BCUT2D eigenvalue weighted by molar-refractivity contribution is 5.34. The van der Waals surface area contributed by atoms with Gasteiger partial charge in [-0.25, -0.2) is 0 Å². The molecule has 0 amide bonds. The molecule has 1 N–H and O–H groups in total. The summed E-state index contributed by atoms with van der Waals surface area (Å²) in [7, 11) is 1.73. The van der Waals surface area contributed by atoms with Crippen LogP contribution in [0.25, 0.3) is 0 Å². The molecule has 0 radical (unpaired) electrons. The van der Waals surface area contributed by atoms with E-state index in [1.165, 1.54) is 36.8 Å². The van der Waals surface area contributed by atoms with Crippen molar-refractivity contribution in [3.05, 3.63) is 65.2 Å². The highest BCUT2D eigenvalue weighted by Gasteiger charge is 2.34. The molecule has 0 aromatic heterocycles. The fourth-order valence-electron chi connectivity index (χ4n) is 4.43. The maximum Gasteiger partial charge on any atom is 0.118 e. The van der Waals surface area contributed by atoms with Crippen molar-refractivity contribution in [3.63, 3.8) is 0 Å². The molecule has 2 heteroatoms. The molecule has 0 bridgehead atoms. The van der Waals surface area contributed by atoms with Gasteiger partial charge in [0.1, 0.15) is 5.75 Å². The summed E-state index contributed by atoms with van der Waals surface area (Å²) in [6, 6.07) is 18.2. The Kier molecular flexibility index (Phi) is 4.09. The van der Waals surface area contributed by atoms with E-state index in [2.05, 4.69) is 53.8 Å². The summed E-state index contributed by atoms with van der Waals surface area (Å²) in [5.74, 6) is 2.46. The van der Waals surface area contributed by atoms with Crippen molar-refractivity contribution in [2.45, 2.75) is 44.2 Å². The van der Waals surface area contributed by atoms with Crippen molar-refractivity contribution in [2.24, 2.45) is 5.92 Å². The summed E-state index contributed by atoms with van der Waals surface area (Å²) in [6.45, 7) is 1.03. The van der Waals surface area contributed by atoms with Crippen molar-refractivity contribution < 1.29 is 4.74 Å². The van der Waals surface area contributed by atoms with Crippen LogP contribution in [0.1, 0.15) is 41.9 Å². The predicted molar refractivity (Wildman–Crippen MR) is 93.8 cm³/mol. The Morgan fingerprint density at radius 1 is 1.04 bits per heavy atom. The first-order chi connectivity index (χ1) is 11.3. The van der Waals surface area contributed by atoms with Crippen LogP contribution in [0.3, 0.4) is 0 Å². The summed E-state index contributed by atoms with van der Waals surface area (Å²) >= 11 is 0. The number of methoxy groups -OCH3 is 1. The van der Waals surface area contributed by atoms with Crippen LogP contribution in [0.2, 0.25) is 0 Å². The minimum absolute atomic E-state index is 0.655. The van der Waals surface area contributed by atoms with Crippen LogP contribution in [0.4, 0.5) is 0 Å². The van der Waals surface area contributed by atoms with Gasteiger partial charge in [0.25, 0.3) is 0 Å². The van der Waals surface area contributed by atoms with E-state index in [4.69, 9.17) is 4.74 Å². The van der Waals surface area contributed by atoms with Crippen LogP contribution in [-0.2, 0) is 13.0 Å². The first-order valence-corrected chi connectivity index (χ1v) is 8.77. The minimum Gasteiger partial charge on any atom is -0.497 e. The lowest BCUT2D eigenvalue weighted by Gasteiger charge is -2.41. The third-order valence-electron chi connectivity index (χ3n) is 5.65. The number of rotatable bonds is 3. The van der Waals surface area contributed by atoms with Crippen LogP contribution in [0, 0.1) is 5.92 Å². The van der Waals surface area contributed by atoms with E-state index < -0.39 is 0 Å². The van der Waals surface area contributed by atoms with Crippen molar-refractivity contribution in [1.82, 2.24) is 5.32 Å². The number of fused-ring (bicyclic) bond motifs is 3. The Morgan fingerprint density at radius 3 is 2.70 bits per heavy atom. The van der Waals surface area contributed by atoms with Gasteiger partial charge in [-0.3, -0.25) is 0 Å². The number of benzene rings is 2. The van der Waals surface area contributed by atoms with Gasteiger partial charge in [-0.2, -0.15) is 0 Å². The second kappa shape index (κ2) is 6.37. The molecule has 1 aliphatic carbocycles. The van der Waals surface area contributed by atoms with Gasteiger partial charge in [-0.05, 0) is 66.3 Å². The number of hydrogen-bond acceptors (Lipinski definition) is 2. The molecule has 4 rings (SSSR count). The monoisotopic (exact) mass is 307 g/mol. The van der Waals surface area contributed by atoms with Crippen LogP contribution in [-0.4, -0.2) is 13.2 Å². The molecule has 2 aliphatic rings. The fourth-order valence-corrected chi connectivity index (χ4v) is 4.43. The van der Waals surface area contributed by atoms with Gasteiger partial charge in [-0.15, -0.1) is 0 Å². The molecule has 3 atom stereocenters. The summed E-state index contributed by atoms with van der Waals surface area (Å²) in [5, 5.41) is 3.79. The number of ether oxygens (including phenoxy) is 1. The lowest BCUT2D eigenvalue weighted by Crippen LogP contribution is -2.43. The van der Waals surface area contributed by atoms with Gasteiger partial charge in [0.05, 0.1) is 7.11 Å². The smallest absolute Gasteiger partial charge is 0.118 e. The predicted octanol–water partition coefficient (Wildman–Crippen LogP) is 4.29. The molecule has 23 heavy (non-hydrogen) atoms. The molecule has 0 saturated heterocycles. The Morgan fingerprint density at radius 2 is 1.87 bits per heavy atom. The third-order valence-corrected chi connectivity index (χ3v) is 5.65. The van der Waals surface area contributed by atoms with Crippen LogP contribution in [0.15, 0.2) is 48.5 Å². The van der Waals surface area contributed by atoms with E-state index >= 15 is 0 Å². The summed E-state index contributed by atoms with van der Waals surface area (Å²) in [4.78, 5) is 0. The number of hydrogen-bond donors (Lipinski definition) is 1. The van der Waals surface area contributed by atoms with E-state index in [0.717, 1.165) is 18.2 Å². The molecule has 1 fully saturated rings. The minimum atomic E-state index is 0.655. The zero-order chi connectivity index (χ0) is 15.6. The molecule has 2 aromatic rings. The van der Waals surface area contributed by atoms with Crippen molar-refractivity contribution in [1.29, 1.82) is 0 Å². The van der Waals surface area contributed by atoms with Gasteiger partial charge in [0.15, 0.2) is 0 Å². The summed E-state index contributed by atoms with van der Waals surface area (Å²) < 4.78 is 5.25. The summed E-state index contributed by atoms with van der Waals surface area (Å²) in [6.07, 6.45) is 5.14. The topological polar surface area (TPSA) is 21.3 Å². The number of nitrogens with one attached hydrogen (secondary N) is 1. The first-order valence-electron chi connectivity index (χ1n) is 8.77. The quantitative estimate of drug-likeness (QED) is 0.913. The Bertz CT molecular complexity index is 664. The molecule has 1 saturated carbocycles. The maximum atomic E-state index is 5.25. The zero-order valence-electron chi connectivity index (χ0n) is 13.8. The molecule has 1 heterocycles. The second-order valence-corrected chi connectivity index (χ2v) is 7.02. The van der Waals surface area contributed by atoms with Crippen molar-refractivity contribution >= 4 is 0 Å². The molecular formula is C21H25NO. The maximum absolute atomic E-state index is 5.25. The standard InChI is InChI=1S/C21H25NO/c1-23-18-9-6-15(7-10-18)12-16-8-11-20-19-5-3-2-4-17(19)14-22-21(20)13-16/h2-7,9-10,16,20-22H,8,11-14H2,1H3. The average molecular weight is 307 g/mol. The third kappa shape index (κ3) is 3.00. The average Bonchev–Trinajstić information content (AvgIpc) is 2.62. The van der Waals surface area contributed by atoms with Crippen molar-refractivity contribution in [2.75, 3.05) is 7.11 Å². The van der Waals surface area contributed by atoms with Crippen LogP contribution < -0.4 is 10.1 Å². The Hall–Kier alpha value is -1.80. The highest BCUT2D eigenvalue weighted by Crippen LogP contribution is 2.40. The molecule has 2 nitrogen and oxygen atoms in total. The first kappa shape index (κ1) is 14.8. The molecule has 2 aromatic carbocycles. The van der Waals surface area contributed by atoms with Gasteiger partial charge in [0, 0.05) is 12.6 Å². The Labute approximate surface area is 138 Å². The van der Waals surface area contributed by atoms with Crippen molar-refractivity contribution in [3.8, 4) is 5.75 Å². The largest absolute Gasteiger partial charge is 0.497 e. The second-order valence-electron chi connectivity index (χ2n) is 7.02. The molecular weight excluding hydrogens is 282 g/mol. The SMILES string of the molecule is COc1ccc(CC2CCC3c4ccccc4CNC3C2)cc1. The van der Waals surface area contributed by atoms with E-state index in [1.54, 1.807) is 12.7 Å². The molecule has 1 aliphatic heterocycles. The van der Waals surface area contributed by atoms with Gasteiger partial charge in [-0.1, -0.05) is 36.4 Å². The van der Waals surface area contributed by atoms with Crippen LogP contribution in [0.5, 0.6) is 5.75 Å². The molecule has 3 unspecified atom stereocenters. The van der Waals surface area contributed by atoms with E-state index in [1.807, 2.05) is 0 Å². The van der Waals surface area contributed by atoms with E-state index in [0.29, 0.717) is 12.0 Å². The van der Waals surface area contributed by atoms with Gasteiger partial charge >= 0.3 is 0 Å². The molecule has 120 valence electrons. The molecule has 0 spiro atoms. The zero-order valence-corrected chi connectivity index (χ0v) is 13.8. The normalized spacial score (nSPS) is 26.2. The lowest BCUT2D eigenvalue weighted by atomic mass is 9.71. The van der Waals surface area contributed by atoms with E-state index in [9.17, 15) is 0 Å². The van der Waals surface area contributed by atoms with Gasteiger partial charge in [0.2, 0.25) is 0 Å². The van der Waals surface area contributed by atoms with Gasteiger partial charge < -0.3 is 10.1 Å². The fraction of sp³-hybridized carbons (Fsp3) is 0.429. The lowest BCUT2D eigenvalue weighted by molar-refractivity contribution is 0.238. The van der Waals surface area contributed by atoms with E-state index in [-0.39, 0.29) is 0 Å². The summed E-state index contributed by atoms with van der Waals surface area (Å²) in [5.41, 5.74) is 4.53. The highest BCUT2D eigenvalue weighted by atomic mass is 16.5.